The number of hydrogen-bond donors (Lipinski definition) is 1. The van der Waals surface area contributed by atoms with Crippen LogP contribution in [0.5, 0.6) is 11.5 Å². The molecule has 3 unspecified atom stereocenters. The van der Waals surface area contributed by atoms with Crippen LogP contribution < -0.4 is 9.47 Å². The largest absolute Gasteiger partial charge is 0.497 e. The van der Waals surface area contributed by atoms with Gasteiger partial charge in [0.05, 0.1) is 20.3 Å². The van der Waals surface area contributed by atoms with E-state index < -0.39 is 6.10 Å². The fourth-order valence-corrected chi connectivity index (χ4v) is 3.59. The molecule has 3 atom stereocenters. The zero-order valence-corrected chi connectivity index (χ0v) is 12.9. The van der Waals surface area contributed by atoms with Crippen molar-refractivity contribution in [1.82, 2.24) is 0 Å². The SMILES string of the molecule is COc1ccc(OC)c(C(O)C2CC(C)CC(C)C2)c1. The molecule has 0 spiro atoms. The first kappa shape index (κ1) is 15.2. The maximum absolute atomic E-state index is 10.8. The molecule has 2 rings (SSSR count). The molecule has 0 aliphatic heterocycles. The molecule has 112 valence electrons. The minimum atomic E-state index is -0.481. The third-order valence-electron chi connectivity index (χ3n) is 4.42. The van der Waals surface area contributed by atoms with E-state index in [9.17, 15) is 5.11 Å². The highest BCUT2D eigenvalue weighted by molar-refractivity contribution is 5.42. The standard InChI is InChI=1S/C17H26O3/c1-11-7-12(2)9-13(8-11)17(18)15-10-14(19-3)5-6-16(15)20-4/h5-6,10-13,17-18H,7-9H2,1-4H3. The Bertz CT molecular complexity index is 434. The first-order valence-corrected chi connectivity index (χ1v) is 7.45. The molecule has 1 aromatic carbocycles. The number of benzene rings is 1. The Kier molecular flexibility index (Phi) is 4.92. The second-order valence-electron chi connectivity index (χ2n) is 6.23. The van der Waals surface area contributed by atoms with Gasteiger partial charge in [0, 0.05) is 5.56 Å². The Hall–Kier alpha value is -1.22. The molecule has 1 aromatic rings. The first-order chi connectivity index (χ1) is 9.55. The topological polar surface area (TPSA) is 38.7 Å². The summed E-state index contributed by atoms with van der Waals surface area (Å²) < 4.78 is 10.7. The lowest BCUT2D eigenvalue weighted by Gasteiger charge is -2.34. The molecule has 0 aromatic heterocycles. The third-order valence-corrected chi connectivity index (χ3v) is 4.42. The zero-order valence-electron chi connectivity index (χ0n) is 12.9. The molecular formula is C17H26O3. The normalized spacial score (nSPS) is 27.9. The van der Waals surface area contributed by atoms with E-state index >= 15 is 0 Å². The van der Waals surface area contributed by atoms with Gasteiger partial charge in [0.25, 0.3) is 0 Å². The number of aliphatic hydroxyl groups excluding tert-OH is 1. The van der Waals surface area contributed by atoms with Crippen LogP contribution in [0.2, 0.25) is 0 Å². The second kappa shape index (κ2) is 6.49. The van der Waals surface area contributed by atoms with E-state index in [2.05, 4.69) is 13.8 Å². The smallest absolute Gasteiger partial charge is 0.124 e. The lowest BCUT2D eigenvalue weighted by Crippen LogP contribution is -2.25. The van der Waals surface area contributed by atoms with Crippen LogP contribution in [0.25, 0.3) is 0 Å². The van der Waals surface area contributed by atoms with Crippen LogP contribution in [0.1, 0.15) is 44.8 Å². The van der Waals surface area contributed by atoms with Crippen molar-refractivity contribution in [3.8, 4) is 11.5 Å². The first-order valence-electron chi connectivity index (χ1n) is 7.45. The van der Waals surface area contributed by atoms with Crippen LogP contribution in [0.4, 0.5) is 0 Å². The fraction of sp³-hybridized carbons (Fsp3) is 0.647. The van der Waals surface area contributed by atoms with Gasteiger partial charge in [-0.3, -0.25) is 0 Å². The molecule has 0 radical (unpaired) electrons. The highest BCUT2D eigenvalue weighted by atomic mass is 16.5. The minimum absolute atomic E-state index is 0.301. The van der Waals surface area contributed by atoms with E-state index in [1.54, 1.807) is 14.2 Å². The van der Waals surface area contributed by atoms with Gasteiger partial charge in [-0.2, -0.15) is 0 Å². The molecule has 0 heterocycles. The second-order valence-corrected chi connectivity index (χ2v) is 6.23. The molecule has 1 aliphatic carbocycles. The minimum Gasteiger partial charge on any atom is -0.497 e. The van der Waals surface area contributed by atoms with Gasteiger partial charge in [0.2, 0.25) is 0 Å². The van der Waals surface area contributed by atoms with Gasteiger partial charge < -0.3 is 14.6 Å². The molecule has 3 nitrogen and oxygen atoms in total. The highest BCUT2D eigenvalue weighted by Gasteiger charge is 2.31. The lowest BCUT2D eigenvalue weighted by molar-refractivity contribution is 0.0533. The molecule has 1 N–H and O–H groups in total. The number of rotatable bonds is 4. The van der Waals surface area contributed by atoms with Crippen molar-refractivity contribution in [2.24, 2.45) is 17.8 Å². The summed E-state index contributed by atoms with van der Waals surface area (Å²) in [4.78, 5) is 0. The van der Waals surface area contributed by atoms with Crippen molar-refractivity contribution >= 4 is 0 Å². The Balaban J connectivity index is 2.24. The molecule has 0 saturated heterocycles. The average Bonchev–Trinajstić information content (AvgIpc) is 2.44. The van der Waals surface area contributed by atoms with Crippen LogP contribution in [0, 0.1) is 17.8 Å². The maximum Gasteiger partial charge on any atom is 0.124 e. The summed E-state index contributed by atoms with van der Waals surface area (Å²) in [5, 5.41) is 10.8. The Morgan fingerprint density at radius 1 is 1.05 bits per heavy atom. The zero-order chi connectivity index (χ0) is 14.7. The molecule has 0 amide bonds. The third kappa shape index (κ3) is 3.26. The molecular weight excluding hydrogens is 252 g/mol. The maximum atomic E-state index is 10.8. The van der Waals surface area contributed by atoms with Crippen LogP contribution >= 0.6 is 0 Å². The van der Waals surface area contributed by atoms with E-state index in [-0.39, 0.29) is 0 Å². The van der Waals surface area contributed by atoms with Gasteiger partial charge in [0.15, 0.2) is 0 Å². The van der Waals surface area contributed by atoms with Crippen LogP contribution in [0.3, 0.4) is 0 Å². The van der Waals surface area contributed by atoms with Crippen molar-refractivity contribution < 1.29 is 14.6 Å². The van der Waals surface area contributed by atoms with Gasteiger partial charge in [-0.25, -0.2) is 0 Å². The van der Waals surface area contributed by atoms with E-state index in [1.807, 2.05) is 18.2 Å². The van der Waals surface area contributed by atoms with Crippen molar-refractivity contribution in [3.05, 3.63) is 23.8 Å². The van der Waals surface area contributed by atoms with Gasteiger partial charge in [-0.15, -0.1) is 0 Å². The summed E-state index contributed by atoms with van der Waals surface area (Å²) >= 11 is 0. The fourth-order valence-electron chi connectivity index (χ4n) is 3.59. The average molecular weight is 278 g/mol. The Morgan fingerprint density at radius 2 is 1.70 bits per heavy atom. The predicted octanol–water partition coefficient (Wildman–Crippen LogP) is 3.81. The predicted molar refractivity (Wildman–Crippen MR) is 80.2 cm³/mol. The highest BCUT2D eigenvalue weighted by Crippen LogP contribution is 2.42. The van der Waals surface area contributed by atoms with E-state index in [0.717, 1.165) is 29.9 Å². The van der Waals surface area contributed by atoms with Crippen molar-refractivity contribution in [1.29, 1.82) is 0 Å². The van der Waals surface area contributed by atoms with E-state index in [4.69, 9.17) is 9.47 Å². The lowest BCUT2D eigenvalue weighted by atomic mass is 9.73. The summed E-state index contributed by atoms with van der Waals surface area (Å²) in [6, 6.07) is 5.63. The summed E-state index contributed by atoms with van der Waals surface area (Å²) in [5.74, 6) is 3.15. The van der Waals surface area contributed by atoms with Crippen molar-refractivity contribution in [2.45, 2.75) is 39.2 Å². The van der Waals surface area contributed by atoms with E-state index in [1.165, 1.54) is 6.42 Å². The van der Waals surface area contributed by atoms with E-state index in [0.29, 0.717) is 17.8 Å². The van der Waals surface area contributed by atoms with Crippen molar-refractivity contribution in [2.75, 3.05) is 14.2 Å². The van der Waals surface area contributed by atoms with Crippen molar-refractivity contribution in [3.63, 3.8) is 0 Å². The molecule has 20 heavy (non-hydrogen) atoms. The monoisotopic (exact) mass is 278 g/mol. The van der Waals surface area contributed by atoms with Crippen LogP contribution in [-0.4, -0.2) is 19.3 Å². The summed E-state index contributed by atoms with van der Waals surface area (Å²) in [6.45, 7) is 4.55. The Morgan fingerprint density at radius 3 is 2.25 bits per heavy atom. The molecule has 0 bridgehead atoms. The van der Waals surface area contributed by atoms with Crippen LogP contribution in [0.15, 0.2) is 18.2 Å². The number of hydrogen-bond acceptors (Lipinski definition) is 3. The molecule has 1 saturated carbocycles. The van der Waals surface area contributed by atoms with Gasteiger partial charge >= 0.3 is 0 Å². The molecule has 1 fully saturated rings. The number of ether oxygens (including phenoxy) is 2. The Labute approximate surface area is 121 Å². The van der Waals surface area contributed by atoms with Crippen LogP contribution in [-0.2, 0) is 0 Å². The number of aliphatic hydroxyl groups is 1. The molecule has 3 heteroatoms. The molecule has 1 aliphatic rings. The summed E-state index contributed by atoms with van der Waals surface area (Å²) in [5.41, 5.74) is 0.846. The quantitative estimate of drug-likeness (QED) is 0.910. The van der Waals surface area contributed by atoms with Gasteiger partial charge in [-0.05, 0) is 55.2 Å². The van der Waals surface area contributed by atoms with Gasteiger partial charge in [0.1, 0.15) is 11.5 Å². The number of methoxy groups -OCH3 is 2. The van der Waals surface area contributed by atoms with Gasteiger partial charge in [-0.1, -0.05) is 13.8 Å². The summed E-state index contributed by atoms with van der Waals surface area (Å²) in [6.07, 6.45) is 2.93. The summed E-state index contributed by atoms with van der Waals surface area (Å²) in [7, 11) is 3.28.